The Balaban J connectivity index is 1.98. The fraction of sp³-hybridized carbons (Fsp3) is 0.409. The van der Waals surface area contributed by atoms with Crippen LogP contribution < -0.4 is 11.2 Å². The number of primary amides is 1. The van der Waals surface area contributed by atoms with E-state index in [-0.39, 0.29) is 62.3 Å². The summed E-state index contributed by atoms with van der Waals surface area (Å²) in [6.45, 7) is 2.82. The van der Waals surface area contributed by atoms with Gasteiger partial charge in [-0.25, -0.2) is 4.79 Å². The van der Waals surface area contributed by atoms with Crippen molar-refractivity contribution in [1.82, 2.24) is 14.8 Å². The van der Waals surface area contributed by atoms with Gasteiger partial charge in [0.05, 0.1) is 12.5 Å². The van der Waals surface area contributed by atoms with E-state index in [2.05, 4.69) is 4.98 Å². The Kier molecular flexibility index (Phi) is 7.31. The third-order valence-corrected chi connectivity index (χ3v) is 5.59. The van der Waals surface area contributed by atoms with Gasteiger partial charge in [-0.05, 0) is 25.5 Å². The van der Waals surface area contributed by atoms with Crippen LogP contribution in [0, 0.1) is 0 Å². The minimum Gasteiger partial charge on any atom is -0.481 e. The Hall–Kier alpha value is -3.89. The number of ether oxygens (including phenoxy) is 1. The van der Waals surface area contributed by atoms with Crippen molar-refractivity contribution in [2.75, 3.05) is 32.8 Å². The summed E-state index contributed by atoms with van der Waals surface area (Å²) in [4.78, 5) is 67.8. The van der Waals surface area contributed by atoms with Crippen LogP contribution in [-0.2, 0) is 14.3 Å². The Morgan fingerprint density at radius 3 is 2.36 bits per heavy atom. The highest BCUT2D eigenvalue weighted by molar-refractivity contribution is 5.99. The van der Waals surface area contributed by atoms with Gasteiger partial charge in [-0.1, -0.05) is 12.1 Å². The Labute approximate surface area is 189 Å². The number of nitrogens with one attached hydrogen (secondary N) is 1. The smallest absolute Gasteiger partial charge is 0.409 e. The van der Waals surface area contributed by atoms with E-state index in [0.717, 1.165) is 0 Å². The van der Waals surface area contributed by atoms with Gasteiger partial charge in [0.1, 0.15) is 5.56 Å². The molecule has 3 amide bonds. The molecule has 3 rings (SSSR count). The number of hydrogen-bond donors (Lipinski definition) is 3. The maximum Gasteiger partial charge on any atom is 0.409 e. The van der Waals surface area contributed by atoms with Crippen LogP contribution in [0.25, 0.3) is 10.9 Å². The second-order valence-corrected chi connectivity index (χ2v) is 7.65. The van der Waals surface area contributed by atoms with Gasteiger partial charge in [-0.3, -0.25) is 19.2 Å². The lowest BCUT2D eigenvalue weighted by atomic mass is 9.91. The molecule has 11 nitrogen and oxygen atoms in total. The maximum atomic E-state index is 13.5. The molecular weight excluding hydrogens is 432 g/mol. The van der Waals surface area contributed by atoms with Crippen LogP contribution >= 0.6 is 0 Å². The molecule has 0 radical (unpaired) electrons. The number of hydrogen-bond acceptors (Lipinski definition) is 6. The monoisotopic (exact) mass is 458 g/mol. The summed E-state index contributed by atoms with van der Waals surface area (Å²) in [5.41, 5.74) is 4.93. The van der Waals surface area contributed by atoms with E-state index >= 15 is 0 Å². The van der Waals surface area contributed by atoms with Crippen molar-refractivity contribution in [3.63, 3.8) is 0 Å². The number of rotatable bonds is 7. The molecule has 11 heteroatoms. The lowest BCUT2D eigenvalue weighted by Gasteiger charge is -2.36. The van der Waals surface area contributed by atoms with Gasteiger partial charge in [-0.15, -0.1) is 0 Å². The summed E-state index contributed by atoms with van der Waals surface area (Å²) in [5.74, 6) is -3.68. The first-order chi connectivity index (χ1) is 15.7. The topological polar surface area (TPSA) is 163 Å². The molecule has 176 valence electrons. The molecular formula is C22H26N4O7. The molecule has 1 atom stereocenters. The molecule has 1 unspecified atom stereocenters. The van der Waals surface area contributed by atoms with Crippen LogP contribution in [0.15, 0.2) is 29.1 Å². The van der Waals surface area contributed by atoms with Crippen LogP contribution in [0.2, 0.25) is 0 Å². The van der Waals surface area contributed by atoms with Crippen LogP contribution in [-0.4, -0.2) is 76.6 Å². The van der Waals surface area contributed by atoms with E-state index in [1.807, 2.05) is 0 Å². The minimum absolute atomic E-state index is 0.00488. The highest BCUT2D eigenvalue weighted by Gasteiger charge is 2.34. The number of amides is 3. The number of H-pyrrole nitrogens is 1. The number of para-hydroxylation sites is 1. The zero-order valence-corrected chi connectivity index (χ0v) is 18.2. The molecule has 2 heterocycles. The third kappa shape index (κ3) is 5.13. The van der Waals surface area contributed by atoms with Crippen LogP contribution in [0.4, 0.5) is 4.79 Å². The number of aromatic nitrogens is 1. The second-order valence-electron chi connectivity index (χ2n) is 7.65. The predicted molar refractivity (Wildman–Crippen MR) is 118 cm³/mol. The summed E-state index contributed by atoms with van der Waals surface area (Å²) in [5, 5.41) is 9.44. The molecule has 2 aromatic rings. The number of aromatic amines is 1. The molecule has 1 fully saturated rings. The standard InChI is InChI=1S/C22H26N4O7/c1-2-33-22(32)26-11-9-25(10-12-26)21(31)14(7-8-16(27)28)18-17(20(23)30)19(29)13-5-3-4-6-15(13)24-18/h3-6,14H,2,7-12H2,1H3,(H2,23,30)(H,24,29)(H,27,28). The number of carbonyl (C=O) groups is 4. The number of fused-ring (bicyclic) bond motifs is 1. The Bertz CT molecular complexity index is 1140. The quantitative estimate of drug-likeness (QED) is 0.554. The van der Waals surface area contributed by atoms with E-state index < -0.39 is 35.2 Å². The number of carbonyl (C=O) groups excluding carboxylic acids is 3. The molecule has 0 spiro atoms. The zero-order valence-electron chi connectivity index (χ0n) is 18.2. The molecule has 1 aromatic carbocycles. The van der Waals surface area contributed by atoms with E-state index in [9.17, 15) is 29.1 Å². The van der Waals surface area contributed by atoms with Gasteiger partial charge in [0.2, 0.25) is 11.3 Å². The Morgan fingerprint density at radius 2 is 1.76 bits per heavy atom. The fourth-order valence-electron chi connectivity index (χ4n) is 3.96. The van der Waals surface area contributed by atoms with Gasteiger partial charge in [-0.2, -0.15) is 0 Å². The molecule has 0 saturated carbocycles. The molecule has 1 saturated heterocycles. The summed E-state index contributed by atoms with van der Waals surface area (Å²) in [6.07, 6.45) is -0.963. The molecule has 0 bridgehead atoms. The van der Waals surface area contributed by atoms with E-state index in [0.29, 0.717) is 5.52 Å². The number of pyridine rings is 1. The van der Waals surface area contributed by atoms with Crippen molar-refractivity contribution in [1.29, 1.82) is 0 Å². The summed E-state index contributed by atoms with van der Waals surface area (Å²) in [6, 6.07) is 6.49. The van der Waals surface area contributed by atoms with Gasteiger partial charge in [0.25, 0.3) is 5.91 Å². The largest absolute Gasteiger partial charge is 0.481 e. The first-order valence-corrected chi connectivity index (χ1v) is 10.6. The van der Waals surface area contributed by atoms with Crippen molar-refractivity contribution < 1.29 is 29.0 Å². The first-order valence-electron chi connectivity index (χ1n) is 10.6. The SMILES string of the molecule is CCOC(=O)N1CCN(C(=O)C(CCC(=O)O)c2[nH]c3ccccc3c(=O)c2C(N)=O)CC1. The molecule has 0 aliphatic carbocycles. The number of carboxylic acids is 1. The van der Waals surface area contributed by atoms with Gasteiger partial charge >= 0.3 is 12.1 Å². The lowest BCUT2D eigenvalue weighted by Crippen LogP contribution is -2.52. The summed E-state index contributed by atoms with van der Waals surface area (Å²) >= 11 is 0. The van der Waals surface area contributed by atoms with Crippen LogP contribution in [0.1, 0.15) is 41.7 Å². The maximum absolute atomic E-state index is 13.5. The number of benzene rings is 1. The minimum atomic E-state index is -1.12. The number of nitrogens with two attached hydrogens (primary N) is 1. The van der Waals surface area contributed by atoms with Gasteiger partial charge in [0, 0.05) is 49.2 Å². The van der Waals surface area contributed by atoms with E-state index in [4.69, 9.17) is 10.5 Å². The van der Waals surface area contributed by atoms with Crippen molar-refractivity contribution in [2.45, 2.75) is 25.7 Å². The van der Waals surface area contributed by atoms with Gasteiger partial charge < -0.3 is 30.4 Å². The summed E-state index contributed by atoms with van der Waals surface area (Å²) in [7, 11) is 0. The summed E-state index contributed by atoms with van der Waals surface area (Å²) < 4.78 is 4.98. The fourth-order valence-corrected chi connectivity index (χ4v) is 3.96. The molecule has 33 heavy (non-hydrogen) atoms. The predicted octanol–water partition coefficient (Wildman–Crippen LogP) is 0.876. The molecule has 4 N–H and O–H groups in total. The third-order valence-electron chi connectivity index (χ3n) is 5.59. The van der Waals surface area contributed by atoms with Crippen molar-refractivity contribution >= 4 is 34.8 Å². The molecule has 1 aliphatic heterocycles. The van der Waals surface area contributed by atoms with Crippen LogP contribution in [0.5, 0.6) is 0 Å². The highest BCUT2D eigenvalue weighted by atomic mass is 16.6. The average molecular weight is 458 g/mol. The molecule has 1 aromatic heterocycles. The number of piperazine rings is 1. The average Bonchev–Trinajstić information content (AvgIpc) is 2.79. The highest BCUT2D eigenvalue weighted by Crippen LogP contribution is 2.27. The van der Waals surface area contributed by atoms with Crippen molar-refractivity contribution in [2.24, 2.45) is 5.73 Å². The van der Waals surface area contributed by atoms with E-state index in [1.54, 1.807) is 25.1 Å². The normalized spacial score (nSPS) is 14.7. The Morgan fingerprint density at radius 1 is 1.12 bits per heavy atom. The van der Waals surface area contributed by atoms with Gasteiger partial charge in [0.15, 0.2) is 0 Å². The van der Waals surface area contributed by atoms with Crippen molar-refractivity contribution in [3.05, 3.63) is 45.7 Å². The lowest BCUT2D eigenvalue weighted by molar-refractivity contribution is -0.138. The number of carboxylic acid groups (broad SMARTS) is 1. The second kappa shape index (κ2) is 10.2. The van der Waals surface area contributed by atoms with E-state index in [1.165, 1.54) is 15.9 Å². The zero-order chi connectivity index (χ0) is 24.1. The van der Waals surface area contributed by atoms with Crippen LogP contribution in [0.3, 0.4) is 0 Å². The molecule has 1 aliphatic rings. The first kappa shape index (κ1) is 23.8. The number of aliphatic carboxylic acids is 1. The van der Waals surface area contributed by atoms with Crippen molar-refractivity contribution in [3.8, 4) is 0 Å². The number of nitrogens with zero attached hydrogens (tertiary/aromatic N) is 2.